The van der Waals surface area contributed by atoms with E-state index < -0.39 is 0 Å². The lowest BCUT2D eigenvalue weighted by Gasteiger charge is -2.31. The summed E-state index contributed by atoms with van der Waals surface area (Å²) < 4.78 is 0. The summed E-state index contributed by atoms with van der Waals surface area (Å²) in [4.78, 5) is 14.6. The van der Waals surface area contributed by atoms with Crippen molar-refractivity contribution in [3.8, 4) is 0 Å². The first-order valence-corrected chi connectivity index (χ1v) is 10.6. The Bertz CT molecular complexity index is 336. The van der Waals surface area contributed by atoms with Crippen molar-refractivity contribution >= 4 is 6.03 Å². The highest BCUT2D eigenvalue weighted by molar-refractivity contribution is 5.74. The lowest BCUT2D eigenvalue weighted by molar-refractivity contribution is 0.178. The van der Waals surface area contributed by atoms with Gasteiger partial charge in [0.05, 0.1) is 0 Å². The van der Waals surface area contributed by atoms with Gasteiger partial charge in [0.2, 0.25) is 0 Å². The molecule has 1 heterocycles. The van der Waals surface area contributed by atoms with Gasteiger partial charge in [-0.25, -0.2) is 4.79 Å². The molecule has 0 aromatic carbocycles. The minimum atomic E-state index is 0.172. The van der Waals surface area contributed by atoms with E-state index in [-0.39, 0.29) is 6.03 Å². The topological polar surface area (TPSA) is 44.4 Å². The van der Waals surface area contributed by atoms with E-state index in [2.05, 4.69) is 17.6 Å². The van der Waals surface area contributed by atoms with Gasteiger partial charge in [0.25, 0.3) is 0 Å². The molecule has 2 N–H and O–H groups in total. The van der Waals surface area contributed by atoms with Crippen molar-refractivity contribution in [2.24, 2.45) is 5.92 Å². The number of nitrogens with zero attached hydrogens (tertiary/aromatic N) is 1. The highest BCUT2D eigenvalue weighted by Crippen LogP contribution is 2.27. The summed E-state index contributed by atoms with van der Waals surface area (Å²) in [7, 11) is 0. The lowest BCUT2D eigenvalue weighted by atomic mass is 9.85. The van der Waals surface area contributed by atoms with E-state index in [1.807, 2.05) is 4.90 Å². The van der Waals surface area contributed by atoms with Crippen molar-refractivity contribution in [3.63, 3.8) is 0 Å². The van der Waals surface area contributed by atoms with Gasteiger partial charge in [-0.15, -0.1) is 0 Å². The van der Waals surface area contributed by atoms with Crippen molar-refractivity contribution in [1.29, 1.82) is 0 Å². The Kier molecular flexibility index (Phi) is 9.55. The minimum Gasteiger partial charge on any atom is -0.334 e. The molecule has 1 saturated heterocycles. The zero-order valence-electron chi connectivity index (χ0n) is 15.8. The Morgan fingerprint density at radius 3 is 2.46 bits per heavy atom. The third kappa shape index (κ3) is 7.42. The third-order valence-corrected chi connectivity index (χ3v) is 5.66. The van der Waals surface area contributed by atoms with Crippen molar-refractivity contribution in [2.75, 3.05) is 26.2 Å². The van der Waals surface area contributed by atoms with Crippen LogP contribution in [0.15, 0.2) is 0 Å². The second kappa shape index (κ2) is 11.7. The Morgan fingerprint density at radius 1 is 1.04 bits per heavy atom. The number of hydrogen-bond acceptors (Lipinski definition) is 2. The molecule has 2 rings (SSSR count). The van der Waals surface area contributed by atoms with Crippen LogP contribution in [0.2, 0.25) is 0 Å². The van der Waals surface area contributed by atoms with Gasteiger partial charge in [0.1, 0.15) is 0 Å². The summed E-state index contributed by atoms with van der Waals surface area (Å²) in [5.41, 5.74) is 0. The van der Waals surface area contributed by atoms with Gasteiger partial charge in [-0.2, -0.15) is 0 Å². The number of hydrogen-bond donors (Lipinski definition) is 2. The minimum absolute atomic E-state index is 0.172. The molecule has 1 atom stereocenters. The number of carbonyl (C=O) groups excluding carboxylic acids is 1. The highest BCUT2D eigenvalue weighted by Gasteiger charge is 2.23. The van der Waals surface area contributed by atoms with Gasteiger partial charge in [0, 0.05) is 25.7 Å². The summed E-state index contributed by atoms with van der Waals surface area (Å²) in [6, 6.07) is 0.468. The molecule has 1 unspecified atom stereocenters. The van der Waals surface area contributed by atoms with E-state index in [1.54, 1.807) is 0 Å². The van der Waals surface area contributed by atoms with Crippen molar-refractivity contribution in [1.82, 2.24) is 15.5 Å². The largest absolute Gasteiger partial charge is 0.334 e. The molecule has 0 bridgehead atoms. The van der Waals surface area contributed by atoms with Crippen molar-refractivity contribution in [2.45, 2.75) is 90.0 Å². The van der Waals surface area contributed by atoms with Crippen LogP contribution < -0.4 is 10.6 Å². The van der Waals surface area contributed by atoms with Crippen molar-refractivity contribution in [3.05, 3.63) is 0 Å². The number of carbonyl (C=O) groups is 1. The van der Waals surface area contributed by atoms with E-state index in [1.165, 1.54) is 57.8 Å². The van der Waals surface area contributed by atoms with Crippen LogP contribution in [0.1, 0.15) is 84.0 Å². The fraction of sp³-hybridized carbons (Fsp3) is 0.950. The maximum atomic E-state index is 12.6. The van der Waals surface area contributed by atoms with E-state index in [0.29, 0.717) is 6.04 Å². The molecule has 140 valence electrons. The van der Waals surface area contributed by atoms with E-state index in [0.717, 1.165) is 51.4 Å². The van der Waals surface area contributed by atoms with Gasteiger partial charge >= 0.3 is 6.03 Å². The van der Waals surface area contributed by atoms with Gasteiger partial charge in [-0.05, 0) is 44.6 Å². The Labute approximate surface area is 149 Å². The smallest absolute Gasteiger partial charge is 0.317 e. The molecule has 2 fully saturated rings. The van der Waals surface area contributed by atoms with Crippen LogP contribution in [0.4, 0.5) is 4.79 Å². The monoisotopic (exact) mass is 337 g/mol. The average molecular weight is 338 g/mol. The van der Waals surface area contributed by atoms with Gasteiger partial charge in [-0.1, -0.05) is 51.9 Å². The number of unbranched alkanes of at least 4 members (excludes halogenated alkanes) is 2. The summed E-state index contributed by atoms with van der Waals surface area (Å²) in [6.07, 6.45) is 15.4. The summed E-state index contributed by atoms with van der Waals surface area (Å²) in [5, 5.41) is 6.93. The van der Waals surface area contributed by atoms with Crippen molar-refractivity contribution < 1.29 is 4.79 Å². The molecule has 4 nitrogen and oxygen atoms in total. The van der Waals surface area contributed by atoms with Crippen LogP contribution in [-0.4, -0.2) is 43.2 Å². The lowest BCUT2D eigenvalue weighted by Crippen LogP contribution is -2.50. The molecular weight excluding hydrogens is 298 g/mol. The fourth-order valence-electron chi connectivity index (χ4n) is 4.16. The summed E-state index contributed by atoms with van der Waals surface area (Å²) in [6.45, 7) is 6.12. The molecule has 0 radical (unpaired) electrons. The maximum absolute atomic E-state index is 12.6. The fourth-order valence-corrected chi connectivity index (χ4v) is 4.16. The van der Waals surface area contributed by atoms with Crippen LogP contribution in [0.5, 0.6) is 0 Å². The molecule has 0 aromatic heterocycles. The van der Waals surface area contributed by atoms with Crippen LogP contribution in [0, 0.1) is 5.92 Å². The quantitative estimate of drug-likeness (QED) is 0.616. The molecule has 0 spiro atoms. The first kappa shape index (κ1) is 19.6. The van der Waals surface area contributed by atoms with E-state index in [9.17, 15) is 4.79 Å². The van der Waals surface area contributed by atoms with Crippen LogP contribution >= 0.6 is 0 Å². The second-order valence-electron chi connectivity index (χ2n) is 7.85. The molecule has 4 heteroatoms. The molecule has 1 saturated carbocycles. The molecule has 1 aliphatic carbocycles. The van der Waals surface area contributed by atoms with Gasteiger partial charge < -0.3 is 15.5 Å². The molecule has 1 aliphatic heterocycles. The Hall–Kier alpha value is -0.770. The number of likely N-dealkylation sites (tertiary alicyclic amines) is 1. The first-order valence-electron chi connectivity index (χ1n) is 10.6. The molecule has 2 aliphatic rings. The molecule has 2 amide bonds. The van der Waals surface area contributed by atoms with Crippen LogP contribution in [-0.2, 0) is 0 Å². The predicted molar refractivity (Wildman–Crippen MR) is 101 cm³/mol. The molecular formula is C20H39N3O. The highest BCUT2D eigenvalue weighted by atomic mass is 16.2. The number of rotatable bonds is 9. The van der Waals surface area contributed by atoms with Crippen LogP contribution in [0.3, 0.4) is 0 Å². The number of urea groups is 1. The third-order valence-electron chi connectivity index (χ3n) is 5.66. The van der Waals surface area contributed by atoms with E-state index in [4.69, 9.17) is 0 Å². The predicted octanol–water partition coefficient (Wildman–Crippen LogP) is 4.30. The summed E-state index contributed by atoms with van der Waals surface area (Å²) >= 11 is 0. The number of nitrogens with one attached hydrogen (secondary N) is 2. The SMILES string of the molecule is CCCCCNCC(CC1CCCCC1)NC(=O)N1CCCCC1. The zero-order valence-corrected chi connectivity index (χ0v) is 15.8. The number of amides is 2. The Balaban J connectivity index is 1.77. The number of piperidine rings is 1. The van der Waals surface area contributed by atoms with Gasteiger partial charge in [-0.3, -0.25) is 0 Å². The van der Waals surface area contributed by atoms with E-state index >= 15 is 0 Å². The normalized spacial score (nSPS) is 20.8. The molecule has 0 aromatic rings. The second-order valence-corrected chi connectivity index (χ2v) is 7.85. The summed E-state index contributed by atoms with van der Waals surface area (Å²) in [5.74, 6) is 0.808. The standard InChI is InChI=1S/C20H39N3O/c1-2-3-8-13-21-17-19(16-18-11-6-4-7-12-18)22-20(24)23-14-9-5-10-15-23/h18-19,21H,2-17H2,1H3,(H,22,24). The maximum Gasteiger partial charge on any atom is 0.317 e. The van der Waals surface area contributed by atoms with Gasteiger partial charge in [0.15, 0.2) is 0 Å². The first-order chi connectivity index (χ1) is 11.8. The average Bonchev–Trinajstić information content (AvgIpc) is 2.63. The van der Waals surface area contributed by atoms with Crippen LogP contribution in [0.25, 0.3) is 0 Å². The Morgan fingerprint density at radius 2 is 1.75 bits per heavy atom. The zero-order chi connectivity index (χ0) is 17.0. The molecule has 24 heavy (non-hydrogen) atoms.